The first-order valence-electron chi connectivity index (χ1n) is 11.5. The maximum Gasteiger partial charge on any atom is 0.181 e. The molecule has 0 unspecified atom stereocenters. The lowest BCUT2D eigenvalue weighted by Gasteiger charge is -2.11. The lowest BCUT2D eigenvalue weighted by Crippen LogP contribution is -2.02. The highest BCUT2D eigenvalue weighted by molar-refractivity contribution is 9.10. The highest BCUT2D eigenvalue weighted by atomic mass is 79.9. The van der Waals surface area contributed by atoms with E-state index in [1.54, 1.807) is 24.3 Å². The summed E-state index contributed by atoms with van der Waals surface area (Å²) in [4.78, 5) is 0. The summed E-state index contributed by atoms with van der Waals surface area (Å²) in [6, 6.07) is 19.8. The summed E-state index contributed by atoms with van der Waals surface area (Å²) in [7, 11) is 0. The monoisotopic (exact) mass is 644 g/mol. The lowest BCUT2D eigenvalue weighted by molar-refractivity contribution is 0.438. The summed E-state index contributed by atoms with van der Waals surface area (Å²) < 4.78 is 39.9. The van der Waals surface area contributed by atoms with Crippen molar-refractivity contribution in [3.8, 4) is 35.1 Å². The Kier molecular flexibility index (Phi) is 10.9. The van der Waals surface area contributed by atoms with Crippen LogP contribution in [0.15, 0.2) is 65.1 Å². The van der Waals surface area contributed by atoms with E-state index in [4.69, 9.17) is 54.7 Å². The van der Waals surface area contributed by atoms with Crippen LogP contribution in [0.3, 0.4) is 0 Å². The van der Waals surface area contributed by atoms with Gasteiger partial charge in [0.1, 0.15) is 11.5 Å². The van der Waals surface area contributed by atoms with Crippen molar-refractivity contribution in [2.45, 2.75) is 20.0 Å². The van der Waals surface area contributed by atoms with Crippen LogP contribution in [-0.4, -0.2) is 0 Å². The van der Waals surface area contributed by atoms with Crippen LogP contribution in [0, 0.1) is 41.2 Å². The van der Waals surface area contributed by atoms with E-state index in [1.807, 2.05) is 19.1 Å². The zero-order valence-corrected chi connectivity index (χ0v) is 24.0. The van der Waals surface area contributed by atoms with E-state index >= 15 is 0 Å². The maximum absolute atomic E-state index is 14.1. The smallest absolute Gasteiger partial charge is 0.181 e. The Morgan fingerprint density at radius 3 is 1.65 bits per heavy atom. The molecule has 204 valence electrons. The van der Waals surface area contributed by atoms with Crippen LogP contribution in [-0.2, 0) is 13.1 Å². The summed E-state index contributed by atoms with van der Waals surface area (Å²) in [5.41, 5.74) is 13.2. The van der Waals surface area contributed by atoms with E-state index < -0.39 is 11.6 Å². The van der Waals surface area contributed by atoms with Gasteiger partial charge in [-0.3, -0.25) is 0 Å². The molecule has 0 fully saturated rings. The summed E-state index contributed by atoms with van der Waals surface area (Å²) in [5, 5.41) is 18.1. The van der Waals surface area contributed by atoms with Crippen molar-refractivity contribution in [3.05, 3.63) is 115 Å². The molecule has 0 heterocycles. The second kappa shape index (κ2) is 14.1. The number of hydrogen-bond donors (Lipinski definition) is 2. The third-order valence-electron chi connectivity index (χ3n) is 5.32. The number of aryl methyl sites for hydroxylation is 1. The Hall–Kier alpha value is -3.70. The number of nitriles is 2. The Bertz CT molecular complexity index is 1520. The Morgan fingerprint density at radius 2 is 1.20 bits per heavy atom. The topological polar surface area (TPSA) is 118 Å². The SMILES string of the molecule is Cc1cc(C#N)cc(Oc2c(Cl)ccc(CN)c2F)c1.N#Cc1cc(Br)cc(Oc2c(Cl)ccc(CN)c2F)c1. The number of hydrogen-bond acceptors (Lipinski definition) is 6. The maximum atomic E-state index is 14.1. The Morgan fingerprint density at radius 1 is 0.750 bits per heavy atom. The predicted molar refractivity (Wildman–Crippen MR) is 154 cm³/mol. The molecule has 0 bridgehead atoms. The second-order valence-corrected chi connectivity index (χ2v) is 9.98. The van der Waals surface area contributed by atoms with Crippen molar-refractivity contribution in [3.63, 3.8) is 0 Å². The van der Waals surface area contributed by atoms with E-state index in [-0.39, 0.29) is 34.6 Å². The molecule has 0 spiro atoms. The molecule has 0 saturated heterocycles. The predicted octanol–water partition coefficient (Wildman–Crippen LogP) is 8.27. The minimum Gasteiger partial charge on any atom is -0.453 e. The standard InChI is InChI=1S/C15H12ClFN2O.C14H9BrClFN2O/c1-9-4-10(7-18)6-12(5-9)20-15-13(16)3-2-11(8-19)14(15)17;15-10-3-8(6-18)4-11(5-10)20-14-12(16)2-1-9(7-19)13(14)17/h2-6H,8,19H2,1H3;1-5H,7,19H2. The first kappa shape index (κ1) is 30.8. The molecule has 4 rings (SSSR count). The van der Waals surface area contributed by atoms with Gasteiger partial charge in [0.05, 0.1) is 33.3 Å². The number of halogens is 5. The molecule has 0 atom stereocenters. The molecule has 11 heteroatoms. The van der Waals surface area contributed by atoms with E-state index in [0.29, 0.717) is 38.2 Å². The van der Waals surface area contributed by atoms with Crippen LogP contribution >= 0.6 is 39.1 Å². The molecular formula is C29H21BrCl2F2N4O2. The zero-order valence-electron chi connectivity index (χ0n) is 20.9. The van der Waals surface area contributed by atoms with E-state index in [2.05, 4.69) is 15.9 Å². The summed E-state index contributed by atoms with van der Waals surface area (Å²) in [6.07, 6.45) is 0. The van der Waals surface area contributed by atoms with Gasteiger partial charge in [-0.1, -0.05) is 51.3 Å². The van der Waals surface area contributed by atoms with Gasteiger partial charge in [-0.2, -0.15) is 10.5 Å². The molecule has 0 aliphatic rings. The van der Waals surface area contributed by atoms with Crippen LogP contribution in [0.2, 0.25) is 10.0 Å². The minimum absolute atomic E-state index is 0.0429. The summed E-state index contributed by atoms with van der Waals surface area (Å²) in [6.45, 7) is 1.92. The molecule has 0 aliphatic heterocycles. The van der Waals surface area contributed by atoms with Crippen LogP contribution in [0.25, 0.3) is 0 Å². The fourth-order valence-corrected chi connectivity index (χ4v) is 4.28. The number of nitrogens with zero attached hydrogens (tertiary/aromatic N) is 2. The molecule has 0 amide bonds. The van der Waals surface area contributed by atoms with Gasteiger partial charge in [0.15, 0.2) is 23.1 Å². The lowest BCUT2D eigenvalue weighted by atomic mass is 10.1. The summed E-state index contributed by atoms with van der Waals surface area (Å²) >= 11 is 15.1. The average molecular weight is 646 g/mol. The van der Waals surface area contributed by atoms with Gasteiger partial charge in [0.2, 0.25) is 0 Å². The number of rotatable bonds is 6. The fourth-order valence-electron chi connectivity index (χ4n) is 3.44. The molecule has 40 heavy (non-hydrogen) atoms. The van der Waals surface area contributed by atoms with Crippen LogP contribution in [0.1, 0.15) is 27.8 Å². The molecular weight excluding hydrogens is 625 g/mol. The molecule has 0 aliphatic carbocycles. The van der Waals surface area contributed by atoms with Gasteiger partial charge in [-0.15, -0.1) is 0 Å². The first-order chi connectivity index (χ1) is 19.1. The van der Waals surface area contributed by atoms with Crippen molar-refractivity contribution in [1.29, 1.82) is 10.5 Å². The molecule has 4 N–H and O–H groups in total. The van der Waals surface area contributed by atoms with Crippen LogP contribution < -0.4 is 20.9 Å². The quantitative estimate of drug-likeness (QED) is 0.218. The van der Waals surface area contributed by atoms with E-state index in [9.17, 15) is 8.78 Å². The highest BCUT2D eigenvalue weighted by Crippen LogP contribution is 2.36. The second-order valence-electron chi connectivity index (χ2n) is 8.25. The zero-order chi connectivity index (χ0) is 29.4. The van der Waals surface area contributed by atoms with E-state index in [1.165, 1.54) is 36.4 Å². The van der Waals surface area contributed by atoms with Crippen LogP contribution in [0.5, 0.6) is 23.0 Å². The molecule has 0 radical (unpaired) electrons. The fraction of sp³-hybridized carbons (Fsp3) is 0.103. The van der Waals surface area contributed by atoms with Gasteiger partial charge in [0.25, 0.3) is 0 Å². The normalized spacial score (nSPS) is 10.2. The average Bonchev–Trinajstić information content (AvgIpc) is 2.93. The molecule has 4 aromatic carbocycles. The van der Waals surface area contributed by atoms with Gasteiger partial charge >= 0.3 is 0 Å². The Labute approximate surface area is 248 Å². The number of nitrogens with two attached hydrogens (primary N) is 2. The van der Waals surface area contributed by atoms with Crippen molar-refractivity contribution in [1.82, 2.24) is 0 Å². The third kappa shape index (κ3) is 7.70. The highest BCUT2D eigenvalue weighted by Gasteiger charge is 2.16. The van der Waals surface area contributed by atoms with E-state index in [0.717, 1.165) is 5.56 Å². The molecule has 0 saturated carbocycles. The van der Waals surface area contributed by atoms with Gasteiger partial charge in [-0.05, 0) is 61.0 Å². The third-order valence-corrected chi connectivity index (χ3v) is 6.37. The molecule has 0 aromatic heterocycles. The molecule has 6 nitrogen and oxygen atoms in total. The van der Waals surface area contributed by atoms with Crippen molar-refractivity contribution in [2.75, 3.05) is 0 Å². The van der Waals surface area contributed by atoms with Crippen LogP contribution in [0.4, 0.5) is 8.78 Å². The molecule has 4 aromatic rings. The van der Waals surface area contributed by atoms with Crippen molar-refractivity contribution in [2.24, 2.45) is 11.5 Å². The van der Waals surface area contributed by atoms with Gasteiger partial charge in [0, 0.05) is 28.7 Å². The summed E-state index contributed by atoms with van der Waals surface area (Å²) in [5.74, 6) is -0.693. The Balaban J connectivity index is 0.000000220. The van der Waals surface area contributed by atoms with Crippen molar-refractivity contribution < 1.29 is 18.3 Å². The number of ether oxygens (including phenoxy) is 2. The largest absolute Gasteiger partial charge is 0.453 e. The minimum atomic E-state index is -0.599. The number of benzene rings is 4. The first-order valence-corrected chi connectivity index (χ1v) is 13.1. The van der Waals surface area contributed by atoms with Crippen molar-refractivity contribution >= 4 is 39.1 Å². The van der Waals surface area contributed by atoms with Gasteiger partial charge in [-0.25, -0.2) is 8.78 Å². The van der Waals surface area contributed by atoms with Gasteiger partial charge < -0.3 is 20.9 Å².